The van der Waals surface area contributed by atoms with Gasteiger partial charge in [0, 0.05) is 13.0 Å². The second-order valence-corrected chi connectivity index (χ2v) is 1.61. The third kappa shape index (κ3) is 5.00. The van der Waals surface area contributed by atoms with Gasteiger partial charge in [-0.3, -0.25) is 4.79 Å². The average molecular weight is 131 g/mol. The molecule has 0 unspecified atom stereocenters. The number of amides is 1. The molecule has 0 aromatic rings. The Hall–Kier alpha value is -0.860. The Morgan fingerprint density at radius 2 is 2.33 bits per heavy atom. The van der Waals surface area contributed by atoms with Crippen molar-refractivity contribution in [2.24, 2.45) is 0 Å². The van der Waals surface area contributed by atoms with E-state index >= 15 is 0 Å². The minimum Gasteiger partial charge on any atom is -0.356 e. The fourth-order valence-corrected chi connectivity index (χ4v) is 0.565. The molecule has 1 amide bonds. The monoisotopic (exact) mass is 131 g/mol. The fourth-order valence-electron chi connectivity index (χ4n) is 0.565. The van der Waals surface area contributed by atoms with Crippen molar-refractivity contribution >= 4 is 5.91 Å². The summed E-state index contributed by atoms with van der Waals surface area (Å²) in [6.45, 7) is 3.58. The van der Waals surface area contributed by atoms with Crippen molar-refractivity contribution < 1.29 is 9.18 Å². The Morgan fingerprint density at radius 3 is 2.44 bits per heavy atom. The number of hydrogen-bond donors (Lipinski definition) is 1. The van der Waals surface area contributed by atoms with Crippen LogP contribution in [0.4, 0.5) is 4.39 Å². The lowest BCUT2D eigenvalue weighted by Gasteiger charge is -1.80. The molecule has 0 spiro atoms. The molecule has 1 rings (SSSR count). The van der Waals surface area contributed by atoms with E-state index in [9.17, 15) is 9.18 Å². The SMILES string of the molecule is C=CF.O=C1CCCN1. The Balaban J connectivity index is 0.000000187. The second-order valence-electron chi connectivity index (χ2n) is 1.61. The van der Waals surface area contributed by atoms with Gasteiger partial charge in [0.1, 0.15) is 0 Å². The minimum absolute atomic E-state index is 0.204. The Bertz CT molecular complexity index is 95.2. The molecule has 0 aromatic carbocycles. The van der Waals surface area contributed by atoms with Crippen LogP contribution in [0.5, 0.6) is 0 Å². The van der Waals surface area contributed by atoms with Crippen molar-refractivity contribution in [2.75, 3.05) is 6.54 Å². The van der Waals surface area contributed by atoms with Crippen LogP contribution in [-0.4, -0.2) is 12.5 Å². The minimum atomic E-state index is 0.204. The van der Waals surface area contributed by atoms with Crippen LogP contribution in [-0.2, 0) is 4.79 Å². The smallest absolute Gasteiger partial charge is 0.220 e. The highest BCUT2D eigenvalue weighted by atomic mass is 19.1. The number of carbonyl (C=O) groups excluding carboxylic acids is 1. The number of hydrogen-bond acceptors (Lipinski definition) is 1. The molecule has 1 heterocycles. The summed E-state index contributed by atoms with van der Waals surface area (Å²) in [7, 11) is 0. The summed E-state index contributed by atoms with van der Waals surface area (Å²) in [6.07, 6.45) is 2.01. The van der Waals surface area contributed by atoms with Crippen molar-refractivity contribution in [1.82, 2.24) is 5.32 Å². The van der Waals surface area contributed by atoms with Gasteiger partial charge in [-0.2, -0.15) is 0 Å². The van der Waals surface area contributed by atoms with Crippen molar-refractivity contribution in [3.63, 3.8) is 0 Å². The molecule has 9 heavy (non-hydrogen) atoms. The third-order valence-electron chi connectivity index (χ3n) is 0.903. The van der Waals surface area contributed by atoms with E-state index in [-0.39, 0.29) is 12.2 Å². The van der Waals surface area contributed by atoms with Crippen LogP contribution in [0.1, 0.15) is 12.8 Å². The molecule has 2 nitrogen and oxygen atoms in total. The van der Waals surface area contributed by atoms with Crippen LogP contribution in [0.25, 0.3) is 0 Å². The maximum Gasteiger partial charge on any atom is 0.220 e. The highest BCUT2D eigenvalue weighted by Crippen LogP contribution is 1.93. The van der Waals surface area contributed by atoms with Crippen LogP contribution in [0.3, 0.4) is 0 Å². The van der Waals surface area contributed by atoms with E-state index in [4.69, 9.17) is 0 Å². The molecule has 52 valence electrons. The van der Waals surface area contributed by atoms with Crippen LogP contribution in [0.15, 0.2) is 12.9 Å². The van der Waals surface area contributed by atoms with Crippen molar-refractivity contribution in [3.05, 3.63) is 12.9 Å². The van der Waals surface area contributed by atoms with E-state index in [0.717, 1.165) is 19.4 Å². The van der Waals surface area contributed by atoms with E-state index in [1.165, 1.54) is 0 Å². The van der Waals surface area contributed by atoms with E-state index in [0.29, 0.717) is 0 Å². The van der Waals surface area contributed by atoms with Gasteiger partial charge in [0.05, 0.1) is 6.33 Å². The molecule has 1 N–H and O–H groups in total. The van der Waals surface area contributed by atoms with E-state index in [1.54, 1.807) is 0 Å². The molecule has 1 saturated heterocycles. The van der Waals surface area contributed by atoms with Crippen LogP contribution < -0.4 is 5.32 Å². The first-order valence-electron chi connectivity index (χ1n) is 2.79. The highest BCUT2D eigenvalue weighted by Gasteiger charge is 2.05. The zero-order valence-electron chi connectivity index (χ0n) is 5.19. The Kier molecular flexibility index (Phi) is 4.78. The maximum atomic E-state index is 10.1. The summed E-state index contributed by atoms with van der Waals surface area (Å²) in [6, 6.07) is 0. The van der Waals surface area contributed by atoms with E-state index < -0.39 is 0 Å². The first-order valence-corrected chi connectivity index (χ1v) is 2.79. The summed E-state index contributed by atoms with van der Waals surface area (Å²) in [5.74, 6) is 0.204. The summed E-state index contributed by atoms with van der Waals surface area (Å²) in [5.41, 5.74) is 0. The van der Waals surface area contributed by atoms with E-state index in [1.807, 2.05) is 0 Å². The number of halogens is 1. The quantitative estimate of drug-likeness (QED) is 0.522. The summed E-state index contributed by atoms with van der Waals surface area (Å²) in [5, 5.41) is 2.68. The topological polar surface area (TPSA) is 29.1 Å². The Morgan fingerprint density at radius 1 is 1.78 bits per heavy atom. The predicted molar refractivity (Wildman–Crippen MR) is 33.5 cm³/mol. The molecule has 0 saturated carbocycles. The average Bonchev–Trinajstić information content (AvgIpc) is 2.20. The van der Waals surface area contributed by atoms with Gasteiger partial charge in [-0.25, -0.2) is 4.39 Å². The van der Waals surface area contributed by atoms with Crippen molar-refractivity contribution in [2.45, 2.75) is 12.8 Å². The van der Waals surface area contributed by atoms with Gasteiger partial charge in [0.25, 0.3) is 0 Å². The largest absolute Gasteiger partial charge is 0.356 e. The number of rotatable bonds is 0. The fraction of sp³-hybridized carbons (Fsp3) is 0.500. The second kappa shape index (κ2) is 5.28. The summed E-state index contributed by atoms with van der Waals surface area (Å²) < 4.78 is 10.1. The van der Waals surface area contributed by atoms with Gasteiger partial charge in [-0.1, -0.05) is 6.58 Å². The van der Waals surface area contributed by atoms with Gasteiger partial charge >= 0.3 is 0 Å². The number of nitrogens with one attached hydrogen (secondary N) is 1. The molecule has 0 aromatic heterocycles. The van der Waals surface area contributed by atoms with Gasteiger partial charge in [0.15, 0.2) is 0 Å². The lowest BCUT2D eigenvalue weighted by atomic mass is 10.4. The molecular weight excluding hydrogens is 121 g/mol. The number of carbonyl (C=O) groups is 1. The molecule has 0 bridgehead atoms. The van der Waals surface area contributed by atoms with Crippen LogP contribution >= 0.6 is 0 Å². The third-order valence-corrected chi connectivity index (χ3v) is 0.903. The van der Waals surface area contributed by atoms with E-state index in [2.05, 4.69) is 11.9 Å². The van der Waals surface area contributed by atoms with Crippen molar-refractivity contribution in [3.8, 4) is 0 Å². The van der Waals surface area contributed by atoms with Gasteiger partial charge in [-0.15, -0.1) is 0 Å². The maximum absolute atomic E-state index is 10.1. The molecule has 3 heteroatoms. The lowest BCUT2D eigenvalue weighted by molar-refractivity contribution is -0.119. The first-order chi connectivity index (χ1) is 4.31. The molecule has 1 fully saturated rings. The zero-order valence-corrected chi connectivity index (χ0v) is 5.19. The summed E-state index contributed by atoms with van der Waals surface area (Å²) in [4.78, 5) is 10.1. The zero-order chi connectivity index (χ0) is 7.11. The normalized spacial score (nSPS) is 15.4. The summed E-state index contributed by atoms with van der Waals surface area (Å²) >= 11 is 0. The molecular formula is C6H10FNO. The van der Waals surface area contributed by atoms with Crippen LogP contribution in [0.2, 0.25) is 0 Å². The molecule has 1 aliphatic rings. The molecule has 0 atom stereocenters. The van der Waals surface area contributed by atoms with Gasteiger partial charge in [0.2, 0.25) is 5.91 Å². The Labute approximate surface area is 53.8 Å². The first kappa shape index (κ1) is 8.14. The molecule has 1 aliphatic heterocycles. The predicted octanol–water partition coefficient (Wildman–Crippen LogP) is 0.996. The van der Waals surface area contributed by atoms with Crippen LogP contribution in [0, 0.1) is 0 Å². The van der Waals surface area contributed by atoms with Gasteiger partial charge < -0.3 is 5.32 Å². The molecule has 0 radical (unpaired) electrons. The lowest BCUT2D eigenvalue weighted by Crippen LogP contribution is -2.12. The van der Waals surface area contributed by atoms with Gasteiger partial charge in [-0.05, 0) is 6.42 Å². The standard InChI is InChI=1S/C4H7NO.C2H3F/c6-4-2-1-3-5-4;1-2-3/h1-3H2,(H,5,6);2H,1H2. The molecule has 0 aliphatic carbocycles. The highest BCUT2D eigenvalue weighted by molar-refractivity contribution is 5.77. The van der Waals surface area contributed by atoms with Crippen molar-refractivity contribution in [1.29, 1.82) is 0 Å².